The number of allylic oxidation sites excluding steroid dienone is 1. The van der Waals surface area contributed by atoms with E-state index in [4.69, 9.17) is 0 Å². The van der Waals surface area contributed by atoms with Crippen LogP contribution in [0.4, 0.5) is 17.6 Å². The minimum Gasteiger partial charge on any atom is -0.370 e. The van der Waals surface area contributed by atoms with Crippen molar-refractivity contribution < 1.29 is 17.6 Å². The molecule has 1 aromatic heterocycles. The summed E-state index contributed by atoms with van der Waals surface area (Å²) in [6.07, 6.45) is -1.61. The van der Waals surface area contributed by atoms with Gasteiger partial charge in [-0.3, -0.25) is 4.98 Å². The molecule has 0 saturated carbocycles. The van der Waals surface area contributed by atoms with E-state index in [9.17, 15) is 17.6 Å². The molecule has 0 unspecified atom stereocenters. The van der Waals surface area contributed by atoms with Gasteiger partial charge in [0.05, 0.1) is 5.69 Å². The van der Waals surface area contributed by atoms with Crippen molar-refractivity contribution in [2.45, 2.75) is 26.1 Å². The van der Waals surface area contributed by atoms with Crippen molar-refractivity contribution in [1.82, 2.24) is 15.2 Å². The van der Waals surface area contributed by atoms with Crippen LogP contribution in [0, 0.1) is 5.82 Å². The smallest absolute Gasteiger partial charge is 0.370 e. The van der Waals surface area contributed by atoms with Crippen molar-refractivity contribution in [2.75, 3.05) is 13.1 Å². The lowest BCUT2D eigenvalue weighted by Gasteiger charge is -2.19. The molecule has 0 amide bonds. The van der Waals surface area contributed by atoms with Gasteiger partial charge in [0, 0.05) is 31.9 Å². The number of aryl methyl sites for hydroxylation is 1. The molecule has 0 radical (unpaired) electrons. The Morgan fingerprint density at radius 3 is 2.82 bits per heavy atom. The van der Waals surface area contributed by atoms with Crippen LogP contribution < -0.4 is 5.32 Å². The molecule has 120 valence electrons. The molecule has 8 heteroatoms. The molecule has 22 heavy (non-hydrogen) atoms. The van der Waals surface area contributed by atoms with Gasteiger partial charge in [0.2, 0.25) is 0 Å². The van der Waals surface area contributed by atoms with Crippen LogP contribution in [0.2, 0.25) is 0 Å². The fraction of sp³-hybridized carbons (Fsp3) is 0.429. The Balaban J connectivity index is 2.13. The summed E-state index contributed by atoms with van der Waals surface area (Å²) in [4.78, 5) is 4.61. The Bertz CT molecular complexity index is 598. The topological polar surface area (TPSA) is 28.2 Å². The van der Waals surface area contributed by atoms with Crippen molar-refractivity contribution >= 4 is 17.1 Å². The van der Waals surface area contributed by atoms with Crippen molar-refractivity contribution in [1.29, 1.82) is 0 Å². The number of nitrogens with one attached hydrogen (secondary N) is 1. The molecule has 0 aromatic carbocycles. The zero-order valence-electron chi connectivity index (χ0n) is 11.9. The summed E-state index contributed by atoms with van der Waals surface area (Å²) in [6.45, 7) is 3.10. The van der Waals surface area contributed by atoms with Gasteiger partial charge in [-0.25, -0.2) is 4.39 Å². The summed E-state index contributed by atoms with van der Waals surface area (Å²) in [7, 11) is 0. The number of thiocarbonyl (C=S) groups is 1. The standard InChI is InChI=1S/C14H15F4N3S/c1-2-11-10(15)5-9(7-20-11)8-21-4-3-19-13(21)6-12(22)14(16,17)18/h5-7,19H,2-4,8H2,1H3/b13-6+. The van der Waals surface area contributed by atoms with Crippen LogP contribution in [-0.2, 0) is 13.0 Å². The van der Waals surface area contributed by atoms with Gasteiger partial charge in [0.15, 0.2) is 0 Å². The molecular weight excluding hydrogens is 318 g/mol. The van der Waals surface area contributed by atoms with Crippen LogP contribution in [-0.4, -0.2) is 34.0 Å². The molecule has 3 nitrogen and oxygen atoms in total. The highest BCUT2D eigenvalue weighted by Gasteiger charge is 2.33. The van der Waals surface area contributed by atoms with Gasteiger partial charge in [-0.2, -0.15) is 13.2 Å². The number of hydrogen-bond donors (Lipinski definition) is 1. The first-order chi connectivity index (χ1) is 10.3. The third-order valence-electron chi connectivity index (χ3n) is 3.26. The number of halogens is 4. The van der Waals surface area contributed by atoms with Gasteiger partial charge >= 0.3 is 6.18 Å². The third-order valence-corrected chi connectivity index (χ3v) is 3.61. The molecule has 1 aliphatic rings. The first-order valence-corrected chi connectivity index (χ1v) is 7.17. The first-order valence-electron chi connectivity index (χ1n) is 6.76. The number of nitrogens with zero attached hydrogens (tertiary/aromatic N) is 2. The normalized spacial score (nSPS) is 17.0. The van der Waals surface area contributed by atoms with E-state index in [1.54, 1.807) is 18.0 Å². The van der Waals surface area contributed by atoms with Crippen molar-refractivity contribution in [3.8, 4) is 0 Å². The summed E-state index contributed by atoms with van der Waals surface area (Å²) in [6, 6.07) is 1.36. The van der Waals surface area contributed by atoms with Crippen molar-refractivity contribution in [2.24, 2.45) is 0 Å². The fourth-order valence-corrected chi connectivity index (χ4v) is 2.25. The van der Waals surface area contributed by atoms with E-state index in [0.717, 1.165) is 6.08 Å². The lowest BCUT2D eigenvalue weighted by atomic mass is 10.2. The monoisotopic (exact) mass is 333 g/mol. The number of alkyl halides is 3. The zero-order valence-corrected chi connectivity index (χ0v) is 12.7. The highest BCUT2D eigenvalue weighted by Crippen LogP contribution is 2.21. The van der Waals surface area contributed by atoms with Crippen LogP contribution in [0.1, 0.15) is 18.2 Å². The molecule has 1 fully saturated rings. The van der Waals surface area contributed by atoms with Gasteiger partial charge in [0.25, 0.3) is 0 Å². The summed E-state index contributed by atoms with van der Waals surface area (Å²) < 4.78 is 51.2. The number of pyridine rings is 1. The molecule has 0 atom stereocenters. The lowest BCUT2D eigenvalue weighted by Crippen LogP contribution is -2.24. The lowest BCUT2D eigenvalue weighted by molar-refractivity contribution is -0.0554. The van der Waals surface area contributed by atoms with Crippen LogP contribution >= 0.6 is 12.2 Å². The molecule has 2 heterocycles. The zero-order chi connectivity index (χ0) is 16.3. The summed E-state index contributed by atoms with van der Waals surface area (Å²) in [5.74, 6) is -0.106. The summed E-state index contributed by atoms with van der Waals surface area (Å²) in [5, 5.41) is 2.85. The van der Waals surface area contributed by atoms with Crippen LogP contribution in [0.3, 0.4) is 0 Å². The maximum Gasteiger partial charge on any atom is 0.426 e. The van der Waals surface area contributed by atoms with E-state index >= 15 is 0 Å². The van der Waals surface area contributed by atoms with E-state index in [1.807, 2.05) is 0 Å². The molecule has 0 bridgehead atoms. The second-order valence-electron chi connectivity index (χ2n) is 4.87. The Morgan fingerprint density at radius 2 is 2.23 bits per heavy atom. The Labute approximate surface area is 131 Å². The predicted molar refractivity (Wildman–Crippen MR) is 78.7 cm³/mol. The molecule has 1 aromatic rings. The predicted octanol–water partition coefficient (Wildman–Crippen LogP) is 2.96. The van der Waals surface area contributed by atoms with Crippen LogP contribution in [0.15, 0.2) is 24.2 Å². The maximum absolute atomic E-state index is 13.7. The average Bonchev–Trinajstić information content (AvgIpc) is 2.85. The Kier molecular flexibility index (Phi) is 5.00. The summed E-state index contributed by atoms with van der Waals surface area (Å²) in [5.41, 5.74) is 0.972. The average molecular weight is 333 g/mol. The second kappa shape index (κ2) is 6.60. The van der Waals surface area contributed by atoms with Gasteiger partial charge in [-0.15, -0.1) is 0 Å². The molecule has 0 aliphatic carbocycles. The molecule has 1 N–H and O–H groups in total. The third kappa shape index (κ3) is 3.94. The number of aromatic nitrogens is 1. The number of rotatable bonds is 4. The van der Waals surface area contributed by atoms with E-state index in [1.165, 1.54) is 6.07 Å². The molecule has 1 aliphatic heterocycles. The van der Waals surface area contributed by atoms with E-state index in [0.29, 0.717) is 36.6 Å². The van der Waals surface area contributed by atoms with E-state index in [2.05, 4.69) is 22.5 Å². The summed E-state index contributed by atoms with van der Waals surface area (Å²) >= 11 is 4.36. The largest absolute Gasteiger partial charge is 0.426 e. The van der Waals surface area contributed by atoms with Gasteiger partial charge in [0.1, 0.15) is 16.5 Å². The first kappa shape index (κ1) is 16.7. The molecular formula is C14H15F4N3S. The van der Waals surface area contributed by atoms with E-state index in [-0.39, 0.29) is 6.54 Å². The molecule has 2 rings (SSSR count). The Hall–Kier alpha value is -1.70. The molecule has 0 spiro atoms. The quantitative estimate of drug-likeness (QED) is 0.521. The second-order valence-corrected chi connectivity index (χ2v) is 5.31. The van der Waals surface area contributed by atoms with Gasteiger partial charge < -0.3 is 10.2 Å². The van der Waals surface area contributed by atoms with Gasteiger partial charge in [-0.05, 0) is 18.1 Å². The highest BCUT2D eigenvalue weighted by molar-refractivity contribution is 7.80. The Morgan fingerprint density at radius 1 is 1.50 bits per heavy atom. The van der Waals surface area contributed by atoms with Crippen LogP contribution in [0.5, 0.6) is 0 Å². The minimum atomic E-state index is -4.53. The van der Waals surface area contributed by atoms with Crippen LogP contribution in [0.25, 0.3) is 0 Å². The fourth-order valence-electron chi connectivity index (χ4n) is 2.14. The van der Waals surface area contributed by atoms with Gasteiger partial charge in [-0.1, -0.05) is 19.1 Å². The number of hydrogen-bond acceptors (Lipinski definition) is 4. The maximum atomic E-state index is 13.7. The van der Waals surface area contributed by atoms with Crippen molar-refractivity contribution in [3.63, 3.8) is 0 Å². The highest BCUT2D eigenvalue weighted by atomic mass is 32.1. The molecule has 1 saturated heterocycles. The van der Waals surface area contributed by atoms with Crippen molar-refractivity contribution in [3.05, 3.63) is 41.2 Å². The SMILES string of the molecule is CCc1ncc(CN2CCN/C2=C\C(=S)C(F)(F)F)cc1F. The minimum absolute atomic E-state index is 0.271. The van der Waals surface area contributed by atoms with E-state index < -0.39 is 16.9 Å².